The fourth-order valence-electron chi connectivity index (χ4n) is 7.69. The molecule has 3 aromatic heterocycles. The van der Waals surface area contributed by atoms with Gasteiger partial charge in [-0.1, -0.05) is 121 Å². The first-order chi connectivity index (χ1) is 37.7. The Kier molecular flexibility index (Phi) is 15.6. The van der Waals surface area contributed by atoms with Crippen LogP contribution < -0.4 is 0 Å². The molecule has 9 rings (SSSR count). The summed E-state index contributed by atoms with van der Waals surface area (Å²) < 4.78 is 84.7. The third-order valence-electron chi connectivity index (χ3n) is 11.6. The second-order valence-electron chi connectivity index (χ2n) is 16.7. The molecule has 0 fully saturated rings. The van der Waals surface area contributed by atoms with Crippen molar-refractivity contribution >= 4 is 128 Å². The molecule has 6 atom stereocenters. The number of phenols is 4. The van der Waals surface area contributed by atoms with Crippen molar-refractivity contribution in [2.45, 2.75) is 85.6 Å². The van der Waals surface area contributed by atoms with Gasteiger partial charge in [0.25, 0.3) is 0 Å². The highest BCUT2D eigenvalue weighted by Crippen LogP contribution is 2.46. The zero-order valence-corrected chi connectivity index (χ0v) is 48.4. The molecule has 392 valence electrons. The van der Waals surface area contributed by atoms with Crippen molar-refractivity contribution in [1.29, 1.82) is 0 Å². The number of phenolic OH excluding ortho intramolecular Hbond substituents is 4. The number of fused-ring (bicyclic) bond motifs is 3. The number of hydrogen-bond donors (Lipinski definition) is 10. The van der Waals surface area contributed by atoms with Gasteiger partial charge in [-0.05, 0) is 135 Å². The minimum atomic E-state index is -1.31. The van der Waals surface area contributed by atoms with Gasteiger partial charge in [0.05, 0.1) is 16.4 Å². The summed E-state index contributed by atoms with van der Waals surface area (Å²) in [6, 6.07) is 6.39. The number of halogens is 6. The maximum atomic E-state index is 11.0. The SMILES string of the molecule is C.[2H]c1c(O)c(O)c([2H])c2c(C(O)c3cc(Br)c(C)c(Br)c3)c(C(C)O)oc12.[2H]c1c([2H])c(O)c2c(C(O)c3cc(Br)c(C)c(Br)c3)c(C(C)O)oc2c1[2H].[2H]c1c([2H])c([2H])c2c(C(O)c3cc(Br)c(C)c(Br)c3)c(C(C)O)oc2c1O. The van der Waals surface area contributed by atoms with Gasteiger partial charge in [-0.15, -0.1) is 0 Å². The summed E-state index contributed by atoms with van der Waals surface area (Å²) >= 11 is 20.5. The van der Waals surface area contributed by atoms with Crippen LogP contribution in [0.2, 0.25) is 0 Å². The molecule has 0 aliphatic carbocycles. The fraction of sp³-hybridized carbons (Fsp3) is 0.236. The van der Waals surface area contributed by atoms with Gasteiger partial charge in [-0.2, -0.15) is 0 Å². The fourth-order valence-corrected chi connectivity index (χ4v) is 11.4. The number of benzene rings is 6. The number of para-hydroxylation sites is 1. The van der Waals surface area contributed by atoms with Crippen molar-refractivity contribution in [2.24, 2.45) is 0 Å². The summed E-state index contributed by atoms with van der Waals surface area (Å²) in [5.74, 6) is -2.85. The van der Waals surface area contributed by atoms with E-state index in [1.165, 1.54) is 20.8 Å². The monoisotopic (exact) mass is 1400 g/mol. The lowest BCUT2D eigenvalue weighted by molar-refractivity contribution is 0.159. The highest BCUT2D eigenvalue weighted by atomic mass is 79.9. The van der Waals surface area contributed by atoms with Gasteiger partial charge in [0.2, 0.25) is 0 Å². The molecule has 0 aliphatic heterocycles. The van der Waals surface area contributed by atoms with Gasteiger partial charge in [-0.3, -0.25) is 0 Å². The largest absolute Gasteiger partial charge is 0.507 e. The molecular formula is C55H52Br6O13. The molecular weight excluding hydrogens is 1350 g/mol. The van der Waals surface area contributed by atoms with E-state index in [1.54, 1.807) is 36.4 Å². The van der Waals surface area contributed by atoms with E-state index < -0.39 is 95.9 Å². The van der Waals surface area contributed by atoms with Crippen LogP contribution in [0, 0.1) is 20.8 Å². The summed E-state index contributed by atoms with van der Waals surface area (Å²) in [5, 5.41) is 104. The number of aliphatic hydroxyl groups is 6. The molecule has 6 unspecified atom stereocenters. The maximum absolute atomic E-state index is 11.0. The van der Waals surface area contributed by atoms with Crippen LogP contribution in [0.1, 0.15) is 143 Å². The predicted octanol–water partition coefficient (Wildman–Crippen LogP) is 15.7. The van der Waals surface area contributed by atoms with Crippen LogP contribution in [-0.4, -0.2) is 51.1 Å². The quantitative estimate of drug-likeness (QED) is 0.0606. The zero-order valence-electron chi connectivity index (χ0n) is 46.9. The molecule has 0 radical (unpaired) electrons. The Bertz CT molecular complexity index is 3520. The van der Waals surface area contributed by atoms with E-state index in [0.717, 1.165) is 43.5 Å². The summed E-state index contributed by atoms with van der Waals surface area (Å²) in [4.78, 5) is 0. The van der Waals surface area contributed by atoms with Crippen LogP contribution in [-0.2, 0) is 0 Å². The van der Waals surface area contributed by atoms with Crippen molar-refractivity contribution in [3.05, 3.63) is 179 Å². The van der Waals surface area contributed by atoms with Crippen LogP contribution in [0.4, 0.5) is 0 Å². The van der Waals surface area contributed by atoms with Gasteiger partial charge < -0.3 is 64.3 Å². The van der Waals surface area contributed by atoms with E-state index in [9.17, 15) is 51.1 Å². The van der Waals surface area contributed by atoms with E-state index in [0.29, 0.717) is 16.7 Å². The first-order valence-electron chi connectivity index (χ1n) is 25.6. The Hall–Kier alpha value is -4.22. The highest BCUT2D eigenvalue weighted by Gasteiger charge is 2.30. The molecule has 0 bridgehead atoms. The van der Waals surface area contributed by atoms with Gasteiger partial charge in [-0.25, -0.2) is 0 Å². The van der Waals surface area contributed by atoms with Crippen LogP contribution in [0.25, 0.3) is 32.9 Å². The number of aromatic hydroxyl groups is 4. The van der Waals surface area contributed by atoms with Gasteiger partial charge in [0.1, 0.15) is 70.8 Å². The number of rotatable bonds is 9. The van der Waals surface area contributed by atoms with Crippen LogP contribution in [0.5, 0.6) is 23.0 Å². The normalized spacial score (nSPS) is 15.4. The van der Waals surface area contributed by atoms with E-state index in [1.807, 2.05) is 20.8 Å². The molecule has 19 heteroatoms. The molecule has 13 nitrogen and oxygen atoms in total. The Morgan fingerprint density at radius 3 is 1.23 bits per heavy atom. The first kappa shape index (κ1) is 48.2. The lowest BCUT2D eigenvalue weighted by atomic mass is 9.96. The van der Waals surface area contributed by atoms with Gasteiger partial charge >= 0.3 is 0 Å². The lowest BCUT2D eigenvalue weighted by Crippen LogP contribution is -2.05. The van der Waals surface area contributed by atoms with Crippen LogP contribution in [0.15, 0.2) is 125 Å². The molecule has 74 heavy (non-hydrogen) atoms. The number of hydrogen-bond acceptors (Lipinski definition) is 13. The van der Waals surface area contributed by atoms with Crippen molar-refractivity contribution in [1.82, 2.24) is 0 Å². The van der Waals surface area contributed by atoms with Gasteiger partial charge in [0, 0.05) is 60.3 Å². The van der Waals surface area contributed by atoms with Crippen molar-refractivity contribution in [3.8, 4) is 23.0 Å². The third-order valence-corrected chi connectivity index (χ3v) is 16.6. The summed E-state index contributed by atoms with van der Waals surface area (Å²) in [5.41, 5.74) is 3.85. The highest BCUT2D eigenvalue weighted by molar-refractivity contribution is 9.11. The summed E-state index contributed by atoms with van der Waals surface area (Å²) in [7, 11) is 0. The minimum Gasteiger partial charge on any atom is -0.507 e. The van der Waals surface area contributed by atoms with E-state index in [-0.39, 0.29) is 86.4 Å². The first-order valence-corrected chi connectivity index (χ1v) is 26.4. The topological polar surface area (TPSA) is 242 Å². The summed E-state index contributed by atoms with van der Waals surface area (Å²) in [6.45, 7) is 9.94. The lowest BCUT2D eigenvalue weighted by Gasteiger charge is -2.15. The standard InChI is InChI=1S/C18H16Br2O5.2C18H16Br2O4.CH4/c1-7-11(19)3-9(4-12(7)20)17(24)16-10-5-13(22)14(23)6-15(10)25-18(16)8(2)21;1-8-11(19)6-10(7-12(8)20)17(23)16-15-13(22)4-3-5-14(15)24-18(16)9(2)21;1-8-12(19)6-10(7-13(8)20)16(23)15-11-4-3-5-14(22)18(11)24-17(15)9(2)21;/h3-6,8,17,21-24H,1-2H3;3-7,9,17,21-23H,1-2H3;3-7,9,16,21-23H,1-2H3;1H4/i5D,6D;2*3D,4D,5D;. The molecule has 3 heterocycles. The Labute approximate surface area is 487 Å². The molecule has 0 spiro atoms. The Balaban J connectivity index is 0.000000197. The second kappa shape index (κ2) is 24.0. The molecule has 0 aliphatic rings. The van der Waals surface area contributed by atoms with Crippen LogP contribution >= 0.6 is 95.6 Å². The van der Waals surface area contributed by atoms with Crippen LogP contribution in [0.3, 0.4) is 0 Å². The second-order valence-corrected chi connectivity index (χ2v) is 21.8. The average molecular weight is 1410 g/mol. The van der Waals surface area contributed by atoms with Crippen molar-refractivity contribution in [2.75, 3.05) is 0 Å². The summed E-state index contributed by atoms with van der Waals surface area (Å²) in [6.07, 6.45) is -7.32. The van der Waals surface area contributed by atoms with E-state index in [4.69, 9.17) is 24.2 Å². The van der Waals surface area contributed by atoms with E-state index >= 15 is 0 Å². The Morgan fingerprint density at radius 1 is 0.432 bits per heavy atom. The number of aliphatic hydroxyl groups excluding tert-OH is 6. The maximum Gasteiger partial charge on any atom is 0.176 e. The third kappa shape index (κ3) is 11.8. The minimum absolute atomic E-state index is 0. The molecule has 10 N–H and O–H groups in total. The molecule has 6 aromatic carbocycles. The molecule has 0 amide bonds. The number of furan rings is 3. The molecule has 0 saturated carbocycles. The average Bonchev–Trinajstić information content (AvgIpc) is 4.33. The van der Waals surface area contributed by atoms with Gasteiger partial charge in [0.15, 0.2) is 22.8 Å². The molecule has 0 saturated heterocycles. The zero-order chi connectivity index (χ0) is 60.6. The molecule has 9 aromatic rings. The predicted molar refractivity (Wildman–Crippen MR) is 306 cm³/mol. The smallest absolute Gasteiger partial charge is 0.176 e. The van der Waals surface area contributed by atoms with Crippen molar-refractivity contribution < 1.29 is 75.3 Å². The van der Waals surface area contributed by atoms with Crippen molar-refractivity contribution in [3.63, 3.8) is 0 Å². The Morgan fingerprint density at radius 2 is 0.784 bits per heavy atom. The van der Waals surface area contributed by atoms with E-state index in [2.05, 4.69) is 95.6 Å².